The van der Waals surface area contributed by atoms with Gasteiger partial charge in [0.2, 0.25) is 17.7 Å². The number of amides is 3. The van der Waals surface area contributed by atoms with Gasteiger partial charge in [0.05, 0.1) is 19.3 Å². The quantitative estimate of drug-likeness (QED) is 0.121. The number of carboxylic acids is 1. The number of carbonyl (C=O) groups is 4. The van der Waals surface area contributed by atoms with Crippen molar-refractivity contribution in [1.82, 2.24) is 16.0 Å². The first-order valence-electron chi connectivity index (χ1n) is 9.08. The van der Waals surface area contributed by atoms with Crippen molar-refractivity contribution in [2.75, 3.05) is 19.8 Å². The summed E-state index contributed by atoms with van der Waals surface area (Å²) in [5.74, 6) is -4.16. The van der Waals surface area contributed by atoms with Crippen LogP contribution in [0.25, 0.3) is 0 Å². The largest absolute Gasteiger partial charge is 0.480 e. The summed E-state index contributed by atoms with van der Waals surface area (Å²) in [7, 11) is 0. The van der Waals surface area contributed by atoms with E-state index in [2.05, 4.69) is 16.0 Å². The van der Waals surface area contributed by atoms with E-state index in [4.69, 9.17) is 11.5 Å². The van der Waals surface area contributed by atoms with Crippen LogP contribution in [0.5, 0.6) is 0 Å². The number of carbonyl (C=O) groups excluding carboxylic acids is 3. The minimum Gasteiger partial charge on any atom is -0.480 e. The number of aliphatic carboxylic acids is 1. The summed E-state index contributed by atoms with van der Waals surface area (Å²) in [5, 5.41) is 43.5. The van der Waals surface area contributed by atoms with Gasteiger partial charge in [-0.2, -0.15) is 0 Å². The van der Waals surface area contributed by atoms with Crippen LogP contribution in [-0.4, -0.2) is 94.1 Å². The normalized spacial score (nSPS) is 16.1. The van der Waals surface area contributed by atoms with E-state index in [1.807, 2.05) is 0 Å². The van der Waals surface area contributed by atoms with Crippen LogP contribution in [-0.2, 0) is 19.2 Å². The van der Waals surface area contributed by atoms with E-state index in [-0.39, 0.29) is 6.42 Å². The fourth-order valence-electron chi connectivity index (χ4n) is 2.17. The van der Waals surface area contributed by atoms with Gasteiger partial charge < -0.3 is 47.8 Å². The number of carboxylic acid groups (broad SMARTS) is 1. The standard InChI is InChI=1S/C16H31N5O8/c1-8(24)12(18)15(27)21-11(7-23)14(26)20-10(6-22)13(25)19-9(16(28)29)4-2-3-5-17/h8-12,22-24H,2-7,17-18H2,1H3,(H,19,25)(H,20,26)(H,21,27)(H,28,29). The Bertz CT molecular complexity index is 559. The van der Waals surface area contributed by atoms with E-state index >= 15 is 0 Å². The number of rotatable bonds is 14. The van der Waals surface area contributed by atoms with Crippen LogP contribution >= 0.6 is 0 Å². The van der Waals surface area contributed by atoms with Crippen LogP contribution in [0, 0.1) is 0 Å². The zero-order valence-electron chi connectivity index (χ0n) is 16.2. The zero-order chi connectivity index (χ0) is 22.6. The molecule has 13 nitrogen and oxygen atoms in total. The molecule has 3 amide bonds. The van der Waals surface area contributed by atoms with E-state index < -0.39 is 67.2 Å². The number of aliphatic hydroxyl groups excluding tert-OH is 3. The van der Waals surface area contributed by atoms with Gasteiger partial charge in [0.1, 0.15) is 24.2 Å². The molecule has 0 radical (unpaired) electrons. The number of hydrogen-bond acceptors (Lipinski definition) is 9. The highest BCUT2D eigenvalue weighted by atomic mass is 16.4. The molecule has 5 atom stereocenters. The van der Waals surface area contributed by atoms with Crippen LogP contribution in [0.3, 0.4) is 0 Å². The molecule has 29 heavy (non-hydrogen) atoms. The predicted octanol–water partition coefficient (Wildman–Crippen LogP) is -4.65. The third-order valence-electron chi connectivity index (χ3n) is 4.02. The lowest BCUT2D eigenvalue weighted by Gasteiger charge is -2.23. The van der Waals surface area contributed by atoms with E-state index in [0.717, 1.165) is 0 Å². The highest BCUT2D eigenvalue weighted by Gasteiger charge is 2.30. The summed E-state index contributed by atoms with van der Waals surface area (Å²) in [6.45, 7) is -0.0773. The molecule has 11 N–H and O–H groups in total. The highest BCUT2D eigenvalue weighted by Crippen LogP contribution is 2.02. The summed E-state index contributed by atoms with van der Waals surface area (Å²) < 4.78 is 0. The molecule has 0 heterocycles. The Hall–Kier alpha value is -2.32. The first-order valence-corrected chi connectivity index (χ1v) is 9.08. The molecule has 0 aliphatic carbocycles. The fraction of sp³-hybridized carbons (Fsp3) is 0.750. The first kappa shape index (κ1) is 26.7. The lowest BCUT2D eigenvalue weighted by atomic mass is 10.1. The van der Waals surface area contributed by atoms with Crippen LogP contribution in [0.4, 0.5) is 0 Å². The van der Waals surface area contributed by atoms with Crippen molar-refractivity contribution in [3.8, 4) is 0 Å². The van der Waals surface area contributed by atoms with Gasteiger partial charge in [0.15, 0.2) is 0 Å². The van der Waals surface area contributed by atoms with Crippen molar-refractivity contribution in [3.63, 3.8) is 0 Å². The number of nitrogens with one attached hydrogen (secondary N) is 3. The molecule has 0 saturated heterocycles. The van der Waals surface area contributed by atoms with Crippen LogP contribution in [0.1, 0.15) is 26.2 Å². The molecule has 0 aromatic carbocycles. The second kappa shape index (κ2) is 13.8. The predicted molar refractivity (Wildman–Crippen MR) is 100 cm³/mol. The van der Waals surface area contributed by atoms with Gasteiger partial charge in [-0.1, -0.05) is 0 Å². The molecule has 0 saturated carbocycles. The number of unbranched alkanes of at least 4 members (excludes halogenated alkanes) is 1. The van der Waals surface area contributed by atoms with E-state index in [0.29, 0.717) is 19.4 Å². The minimum atomic E-state index is -1.52. The van der Waals surface area contributed by atoms with Gasteiger partial charge in [-0.25, -0.2) is 4.79 Å². The fourth-order valence-corrected chi connectivity index (χ4v) is 2.17. The Labute approximate surface area is 167 Å². The lowest BCUT2D eigenvalue weighted by molar-refractivity contribution is -0.143. The van der Waals surface area contributed by atoms with Gasteiger partial charge in [-0.15, -0.1) is 0 Å². The Balaban J connectivity index is 4.94. The van der Waals surface area contributed by atoms with Crippen molar-refractivity contribution >= 4 is 23.7 Å². The molecule has 5 unspecified atom stereocenters. The van der Waals surface area contributed by atoms with Gasteiger partial charge in [-0.3, -0.25) is 14.4 Å². The second-order valence-electron chi connectivity index (χ2n) is 6.44. The molecule has 0 fully saturated rings. The summed E-state index contributed by atoms with van der Waals surface area (Å²) in [6, 6.07) is -5.61. The van der Waals surface area contributed by atoms with Crippen LogP contribution in [0.15, 0.2) is 0 Å². The number of aliphatic hydroxyl groups is 3. The molecule has 168 valence electrons. The first-order chi connectivity index (χ1) is 13.6. The molecule has 13 heteroatoms. The minimum absolute atomic E-state index is 0.108. The van der Waals surface area contributed by atoms with Crippen molar-refractivity contribution in [3.05, 3.63) is 0 Å². The molecular formula is C16H31N5O8. The third-order valence-corrected chi connectivity index (χ3v) is 4.02. The molecule has 0 rings (SSSR count). The van der Waals surface area contributed by atoms with Crippen molar-refractivity contribution in [2.45, 2.75) is 56.5 Å². The molecule has 0 aromatic rings. The summed E-state index contributed by atoms with van der Waals surface area (Å²) in [6.07, 6.45) is -0.0875. The van der Waals surface area contributed by atoms with Crippen LogP contribution < -0.4 is 27.4 Å². The average Bonchev–Trinajstić information content (AvgIpc) is 2.67. The van der Waals surface area contributed by atoms with E-state index in [1.165, 1.54) is 6.92 Å². The van der Waals surface area contributed by atoms with Crippen LogP contribution in [0.2, 0.25) is 0 Å². The van der Waals surface area contributed by atoms with Gasteiger partial charge in [0.25, 0.3) is 0 Å². The Morgan fingerprint density at radius 1 is 0.862 bits per heavy atom. The maximum absolute atomic E-state index is 12.2. The Morgan fingerprint density at radius 2 is 1.31 bits per heavy atom. The molecule has 0 aliphatic heterocycles. The van der Waals surface area contributed by atoms with Crippen molar-refractivity contribution < 1.29 is 39.6 Å². The van der Waals surface area contributed by atoms with E-state index in [1.54, 1.807) is 0 Å². The molecule has 0 aliphatic rings. The zero-order valence-corrected chi connectivity index (χ0v) is 16.2. The van der Waals surface area contributed by atoms with Gasteiger partial charge >= 0.3 is 5.97 Å². The lowest BCUT2D eigenvalue weighted by Crippen LogP contribution is -2.59. The summed E-state index contributed by atoms with van der Waals surface area (Å²) in [4.78, 5) is 47.5. The van der Waals surface area contributed by atoms with Gasteiger partial charge in [-0.05, 0) is 32.7 Å². The summed E-state index contributed by atoms with van der Waals surface area (Å²) >= 11 is 0. The average molecular weight is 421 g/mol. The smallest absolute Gasteiger partial charge is 0.326 e. The van der Waals surface area contributed by atoms with Crippen molar-refractivity contribution in [1.29, 1.82) is 0 Å². The molecule has 0 aromatic heterocycles. The number of nitrogens with two attached hydrogens (primary N) is 2. The highest BCUT2D eigenvalue weighted by molar-refractivity contribution is 5.94. The Morgan fingerprint density at radius 3 is 1.69 bits per heavy atom. The molecular weight excluding hydrogens is 390 g/mol. The maximum atomic E-state index is 12.2. The topological polar surface area (TPSA) is 237 Å². The second-order valence-corrected chi connectivity index (χ2v) is 6.44. The van der Waals surface area contributed by atoms with E-state index in [9.17, 15) is 39.6 Å². The third kappa shape index (κ3) is 9.62. The number of hydrogen-bond donors (Lipinski definition) is 9. The summed E-state index contributed by atoms with van der Waals surface area (Å²) in [5.41, 5.74) is 10.8. The monoisotopic (exact) mass is 421 g/mol. The maximum Gasteiger partial charge on any atom is 0.326 e. The SMILES string of the molecule is CC(O)C(N)C(=O)NC(CO)C(=O)NC(CO)C(=O)NC(CCCCN)C(=O)O. The molecule has 0 bridgehead atoms. The molecule has 0 spiro atoms. The van der Waals surface area contributed by atoms with Gasteiger partial charge in [0, 0.05) is 0 Å². The Kier molecular flexibility index (Phi) is 12.7. The van der Waals surface area contributed by atoms with Crippen molar-refractivity contribution in [2.24, 2.45) is 11.5 Å².